The molecule has 0 radical (unpaired) electrons. The number of methoxy groups -OCH3 is 1. The fourth-order valence-corrected chi connectivity index (χ4v) is 2.91. The first-order chi connectivity index (χ1) is 12.7. The third-order valence-corrected chi connectivity index (χ3v) is 4.38. The van der Waals surface area contributed by atoms with Crippen molar-refractivity contribution in [2.75, 3.05) is 33.9 Å². The Kier molecular flexibility index (Phi) is 8.21. The molecule has 1 aromatic rings. The number of guanidine groups is 1. The van der Waals surface area contributed by atoms with E-state index < -0.39 is 0 Å². The molecule has 0 aromatic heterocycles. The average Bonchev–Trinajstić information content (AvgIpc) is 2.67. The Morgan fingerprint density at radius 2 is 1.88 bits per heavy atom. The van der Waals surface area contributed by atoms with Crippen molar-refractivity contribution in [1.29, 1.82) is 0 Å². The van der Waals surface area contributed by atoms with Gasteiger partial charge in [0.05, 0.1) is 13.2 Å². The first-order valence-electron chi connectivity index (χ1n) is 9.12. The number of benzene rings is 1. The number of hydrogen-bond donors (Lipinski definition) is 2. The van der Waals surface area contributed by atoms with Crippen LogP contribution < -0.4 is 10.6 Å². The zero-order valence-corrected chi connectivity index (χ0v) is 16.0. The largest absolute Gasteiger partial charge is 0.450 e. The van der Waals surface area contributed by atoms with E-state index >= 15 is 0 Å². The van der Waals surface area contributed by atoms with E-state index in [1.165, 1.54) is 5.56 Å². The van der Waals surface area contributed by atoms with Gasteiger partial charge >= 0.3 is 6.09 Å². The first kappa shape index (κ1) is 20.0. The van der Waals surface area contributed by atoms with Crippen molar-refractivity contribution in [2.45, 2.75) is 39.0 Å². The molecule has 0 bridgehead atoms. The SMILES string of the molecule is CCOC(=O)N1CCC(NC(=NC)NCc2ccc(COC)cc2)CC1. The number of nitrogens with zero attached hydrogens (tertiary/aromatic N) is 2. The summed E-state index contributed by atoms with van der Waals surface area (Å²) in [5, 5.41) is 6.78. The highest BCUT2D eigenvalue weighted by atomic mass is 16.6. The molecular weight excluding hydrogens is 332 g/mol. The van der Waals surface area contributed by atoms with E-state index in [0.29, 0.717) is 38.9 Å². The Morgan fingerprint density at radius 1 is 1.23 bits per heavy atom. The molecule has 2 rings (SSSR count). The number of amides is 1. The average molecular weight is 362 g/mol. The summed E-state index contributed by atoms with van der Waals surface area (Å²) in [7, 11) is 3.47. The highest BCUT2D eigenvalue weighted by Gasteiger charge is 2.23. The third-order valence-electron chi connectivity index (χ3n) is 4.38. The van der Waals surface area contributed by atoms with E-state index in [9.17, 15) is 4.79 Å². The Labute approximate surface area is 155 Å². The van der Waals surface area contributed by atoms with Crippen molar-refractivity contribution in [1.82, 2.24) is 15.5 Å². The monoisotopic (exact) mass is 362 g/mol. The van der Waals surface area contributed by atoms with Gasteiger partial charge in [0.25, 0.3) is 0 Å². The summed E-state index contributed by atoms with van der Waals surface area (Å²) in [5.41, 5.74) is 2.34. The fourth-order valence-electron chi connectivity index (χ4n) is 2.91. The third kappa shape index (κ3) is 6.22. The number of hydrogen-bond acceptors (Lipinski definition) is 4. The number of rotatable bonds is 6. The normalized spacial score (nSPS) is 15.7. The highest BCUT2D eigenvalue weighted by Crippen LogP contribution is 2.11. The van der Waals surface area contributed by atoms with Crippen LogP contribution >= 0.6 is 0 Å². The molecule has 0 unspecified atom stereocenters. The van der Waals surface area contributed by atoms with Crippen LogP contribution in [-0.2, 0) is 22.6 Å². The number of carbonyl (C=O) groups excluding carboxylic acids is 1. The van der Waals surface area contributed by atoms with E-state index in [0.717, 1.165) is 24.4 Å². The number of likely N-dealkylation sites (tertiary alicyclic amines) is 1. The molecule has 26 heavy (non-hydrogen) atoms. The lowest BCUT2D eigenvalue weighted by molar-refractivity contribution is 0.0963. The van der Waals surface area contributed by atoms with Gasteiger partial charge < -0.3 is 25.0 Å². The van der Waals surface area contributed by atoms with Gasteiger partial charge in [-0.25, -0.2) is 4.79 Å². The summed E-state index contributed by atoms with van der Waals surface area (Å²) >= 11 is 0. The summed E-state index contributed by atoms with van der Waals surface area (Å²) in [6, 6.07) is 8.62. The van der Waals surface area contributed by atoms with Gasteiger partial charge in [-0.1, -0.05) is 24.3 Å². The molecule has 1 aromatic carbocycles. The lowest BCUT2D eigenvalue weighted by Crippen LogP contribution is -2.49. The van der Waals surface area contributed by atoms with Crippen LogP contribution in [0.15, 0.2) is 29.3 Å². The Morgan fingerprint density at radius 3 is 2.46 bits per heavy atom. The van der Waals surface area contributed by atoms with Crippen molar-refractivity contribution in [3.8, 4) is 0 Å². The molecule has 0 aliphatic carbocycles. The molecule has 1 aliphatic rings. The summed E-state index contributed by atoms with van der Waals surface area (Å²) in [5.74, 6) is 0.778. The van der Waals surface area contributed by atoms with Crippen LogP contribution in [0.3, 0.4) is 0 Å². The second-order valence-electron chi connectivity index (χ2n) is 6.28. The van der Waals surface area contributed by atoms with Gasteiger partial charge in [-0.15, -0.1) is 0 Å². The summed E-state index contributed by atoms with van der Waals surface area (Å²) in [6.45, 7) is 4.98. The predicted octanol–water partition coefficient (Wildman–Crippen LogP) is 2.12. The molecule has 7 heteroatoms. The minimum Gasteiger partial charge on any atom is -0.450 e. The number of piperidine rings is 1. The summed E-state index contributed by atoms with van der Waals surface area (Å²) in [6.07, 6.45) is 1.54. The van der Waals surface area contributed by atoms with Gasteiger partial charge in [0.15, 0.2) is 5.96 Å². The number of aliphatic imine (C=N–C) groups is 1. The molecule has 2 N–H and O–H groups in total. The molecule has 1 aliphatic heterocycles. The van der Waals surface area contributed by atoms with Crippen LogP contribution in [0.2, 0.25) is 0 Å². The van der Waals surface area contributed by atoms with Crippen molar-refractivity contribution in [3.05, 3.63) is 35.4 Å². The predicted molar refractivity (Wildman–Crippen MR) is 102 cm³/mol. The van der Waals surface area contributed by atoms with Crippen molar-refractivity contribution in [3.63, 3.8) is 0 Å². The summed E-state index contributed by atoms with van der Waals surface area (Å²) in [4.78, 5) is 17.8. The van der Waals surface area contributed by atoms with E-state index in [-0.39, 0.29) is 6.09 Å². The lowest BCUT2D eigenvalue weighted by atomic mass is 10.1. The molecule has 144 valence electrons. The standard InChI is InChI=1S/C19H30N4O3/c1-4-26-19(24)23-11-9-17(10-12-23)22-18(20-2)21-13-15-5-7-16(8-6-15)14-25-3/h5-8,17H,4,9-14H2,1-3H3,(H2,20,21,22). The zero-order valence-electron chi connectivity index (χ0n) is 16.0. The van der Waals surface area contributed by atoms with Crippen LogP contribution in [-0.4, -0.2) is 56.8 Å². The maximum absolute atomic E-state index is 11.7. The Hall–Kier alpha value is -2.28. The second kappa shape index (κ2) is 10.7. The van der Waals surface area contributed by atoms with Crippen molar-refractivity contribution < 1.29 is 14.3 Å². The molecule has 0 saturated carbocycles. The molecule has 1 saturated heterocycles. The van der Waals surface area contributed by atoms with E-state index in [2.05, 4.69) is 39.9 Å². The minimum absolute atomic E-state index is 0.217. The van der Waals surface area contributed by atoms with Gasteiger partial charge in [0.1, 0.15) is 0 Å². The highest BCUT2D eigenvalue weighted by molar-refractivity contribution is 5.80. The molecule has 1 heterocycles. The van der Waals surface area contributed by atoms with Crippen LogP contribution in [0.5, 0.6) is 0 Å². The van der Waals surface area contributed by atoms with Crippen molar-refractivity contribution in [2.24, 2.45) is 4.99 Å². The van der Waals surface area contributed by atoms with Gasteiger partial charge in [0, 0.05) is 39.8 Å². The Bertz CT molecular complexity index is 581. The number of ether oxygens (including phenoxy) is 2. The van der Waals surface area contributed by atoms with Crippen LogP contribution in [0.4, 0.5) is 4.79 Å². The van der Waals surface area contributed by atoms with Crippen molar-refractivity contribution >= 4 is 12.1 Å². The van der Waals surface area contributed by atoms with E-state index in [1.54, 1.807) is 19.1 Å². The quantitative estimate of drug-likeness (QED) is 0.599. The number of carbonyl (C=O) groups is 1. The van der Waals surface area contributed by atoms with E-state index in [4.69, 9.17) is 9.47 Å². The second-order valence-corrected chi connectivity index (χ2v) is 6.28. The van der Waals surface area contributed by atoms with Gasteiger partial charge in [-0.05, 0) is 30.9 Å². The van der Waals surface area contributed by atoms with Gasteiger partial charge in [-0.3, -0.25) is 4.99 Å². The molecular formula is C19H30N4O3. The van der Waals surface area contributed by atoms with Gasteiger partial charge in [-0.2, -0.15) is 0 Å². The first-order valence-corrected chi connectivity index (χ1v) is 9.12. The smallest absolute Gasteiger partial charge is 0.409 e. The number of nitrogens with one attached hydrogen (secondary N) is 2. The molecule has 0 atom stereocenters. The fraction of sp³-hybridized carbons (Fsp3) is 0.579. The van der Waals surface area contributed by atoms with Crippen LogP contribution in [0, 0.1) is 0 Å². The zero-order chi connectivity index (χ0) is 18.8. The molecule has 7 nitrogen and oxygen atoms in total. The molecule has 1 fully saturated rings. The van der Waals surface area contributed by atoms with Gasteiger partial charge in [0.2, 0.25) is 0 Å². The molecule has 1 amide bonds. The maximum Gasteiger partial charge on any atom is 0.409 e. The van der Waals surface area contributed by atoms with E-state index in [1.807, 2.05) is 6.92 Å². The maximum atomic E-state index is 11.7. The Balaban J connectivity index is 1.75. The van der Waals surface area contributed by atoms with Crippen LogP contribution in [0.25, 0.3) is 0 Å². The minimum atomic E-state index is -0.217. The topological polar surface area (TPSA) is 75.2 Å². The molecule has 0 spiro atoms. The lowest BCUT2D eigenvalue weighted by Gasteiger charge is -2.32. The summed E-state index contributed by atoms with van der Waals surface area (Å²) < 4.78 is 10.2. The van der Waals surface area contributed by atoms with Crippen LogP contribution in [0.1, 0.15) is 30.9 Å².